The van der Waals surface area contributed by atoms with E-state index in [1.165, 1.54) is 9.18 Å². The van der Waals surface area contributed by atoms with Crippen molar-refractivity contribution < 1.29 is 17.9 Å². The van der Waals surface area contributed by atoms with Gasteiger partial charge in [-0.05, 0) is 43.7 Å². The van der Waals surface area contributed by atoms with Crippen molar-refractivity contribution in [3.8, 4) is 22.8 Å². The van der Waals surface area contributed by atoms with Crippen LogP contribution in [0.2, 0.25) is 0 Å². The summed E-state index contributed by atoms with van der Waals surface area (Å²) in [6.07, 6.45) is 4.53. The van der Waals surface area contributed by atoms with Crippen LogP contribution in [-0.4, -0.2) is 58.1 Å². The van der Waals surface area contributed by atoms with Crippen molar-refractivity contribution in [1.29, 1.82) is 0 Å². The Labute approximate surface area is 188 Å². The Kier molecular flexibility index (Phi) is 6.71. The van der Waals surface area contributed by atoms with Crippen LogP contribution in [0.4, 0.5) is 5.13 Å². The summed E-state index contributed by atoms with van der Waals surface area (Å²) in [6, 6.07) is 5.92. The standard InChI is InChI=1S/C21H30N4O4S2/c1-25(2)31(26,27)24-15-9-7-14(8-10-15)13-22-21-23-19-16-5-4-6-17(28-3)20(16)29-12-11-18(19)30-21/h4-6,14-15,24H,7-13H2,1-3H3,(H,22,23)/t14-,15-. The first kappa shape index (κ1) is 22.3. The third-order valence-corrected chi connectivity index (χ3v) is 8.58. The zero-order chi connectivity index (χ0) is 22.0. The SMILES string of the molecule is COc1cccc2c1OCCc1sc(NC[C@H]3CC[C@H](NS(=O)(=O)N(C)C)CC3)nc1-2. The van der Waals surface area contributed by atoms with E-state index in [4.69, 9.17) is 14.5 Å². The van der Waals surface area contributed by atoms with Crippen LogP contribution in [0.25, 0.3) is 11.3 Å². The number of nitrogens with zero attached hydrogens (tertiary/aromatic N) is 2. The summed E-state index contributed by atoms with van der Waals surface area (Å²) in [5.74, 6) is 2.01. The largest absolute Gasteiger partial charge is 0.493 e. The van der Waals surface area contributed by atoms with Crippen molar-refractivity contribution in [2.24, 2.45) is 5.92 Å². The molecule has 1 aromatic carbocycles. The number of methoxy groups -OCH3 is 1. The van der Waals surface area contributed by atoms with E-state index in [1.54, 1.807) is 32.5 Å². The second kappa shape index (κ2) is 9.32. The maximum atomic E-state index is 12.0. The molecule has 1 aromatic heterocycles. The Morgan fingerprint density at radius 1 is 1.26 bits per heavy atom. The lowest BCUT2D eigenvalue weighted by molar-refractivity contribution is 0.302. The molecule has 170 valence electrons. The van der Waals surface area contributed by atoms with E-state index in [0.717, 1.165) is 66.5 Å². The van der Waals surface area contributed by atoms with Gasteiger partial charge in [0.25, 0.3) is 10.2 Å². The van der Waals surface area contributed by atoms with Crippen molar-refractivity contribution >= 4 is 26.7 Å². The van der Waals surface area contributed by atoms with Crippen LogP contribution < -0.4 is 19.5 Å². The van der Waals surface area contributed by atoms with Gasteiger partial charge in [0.2, 0.25) is 0 Å². The molecule has 4 rings (SSSR count). The molecule has 2 N–H and O–H groups in total. The molecule has 8 nitrogen and oxygen atoms in total. The van der Waals surface area contributed by atoms with Crippen LogP contribution in [0.5, 0.6) is 11.5 Å². The fraction of sp³-hybridized carbons (Fsp3) is 0.571. The normalized spacial score (nSPS) is 21.0. The van der Waals surface area contributed by atoms with Gasteiger partial charge in [0.1, 0.15) is 0 Å². The van der Waals surface area contributed by atoms with Crippen LogP contribution in [0.1, 0.15) is 30.6 Å². The molecule has 0 unspecified atom stereocenters. The number of aromatic nitrogens is 1. The molecule has 10 heteroatoms. The molecule has 1 fully saturated rings. The number of rotatable bonds is 7. The molecule has 0 spiro atoms. The van der Waals surface area contributed by atoms with Gasteiger partial charge < -0.3 is 14.8 Å². The summed E-state index contributed by atoms with van der Waals surface area (Å²) in [5.41, 5.74) is 1.95. The van der Waals surface area contributed by atoms with Crippen LogP contribution >= 0.6 is 11.3 Å². The molecular weight excluding hydrogens is 436 g/mol. The molecule has 1 saturated carbocycles. The van der Waals surface area contributed by atoms with Crippen molar-refractivity contribution in [3.05, 3.63) is 23.1 Å². The number of hydrogen-bond donors (Lipinski definition) is 2. The smallest absolute Gasteiger partial charge is 0.279 e. The highest BCUT2D eigenvalue weighted by molar-refractivity contribution is 7.87. The van der Waals surface area contributed by atoms with Gasteiger partial charge in [0, 0.05) is 43.5 Å². The molecule has 2 heterocycles. The number of ether oxygens (including phenoxy) is 2. The zero-order valence-corrected chi connectivity index (χ0v) is 19.8. The highest BCUT2D eigenvalue weighted by Gasteiger charge is 2.27. The third-order valence-electron chi connectivity index (χ3n) is 5.91. The Hall–Kier alpha value is -1.88. The molecule has 0 saturated heterocycles. The molecule has 31 heavy (non-hydrogen) atoms. The summed E-state index contributed by atoms with van der Waals surface area (Å²) in [7, 11) is 1.39. The van der Waals surface area contributed by atoms with Gasteiger partial charge in [-0.2, -0.15) is 17.4 Å². The Morgan fingerprint density at radius 2 is 2.03 bits per heavy atom. The van der Waals surface area contributed by atoms with Gasteiger partial charge >= 0.3 is 0 Å². The predicted octanol–water partition coefficient (Wildman–Crippen LogP) is 3.12. The number of hydrogen-bond acceptors (Lipinski definition) is 7. The number of fused-ring (bicyclic) bond motifs is 3. The van der Waals surface area contributed by atoms with E-state index >= 15 is 0 Å². The minimum Gasteiger partial charge on any atom is -0.493 e. The monoisotopic (exact) mass is 466 g/mol. The van der Waals surface area contributed by atoms with E-state index < -0.39 is 10.2 Å². The van der Waals surface area contributed by atoms with Gasteiger partial charge in [-0.25, -0.2) is 4.98 Å². The summed E-state index contributed by atoms with van der Waals surface area (Å²) in [6.45, 7) is 1.45. The highest BCUT2D eigenvalue weighted by atomic mass is 32.2. The molecular formula is C21H30N4O4S2. The van der Waals surface area contributed by atoms with E-state index in [2.05, 4.69) is 10.0 Å². The van der Waals surface area contributed by atoms with Crippen molar-refractivity contribution in [1.82, 2.24) is 14.0 Å². The van der Waals surface area contributed by atoms with Gasteiger partial charge in [-0.1, -0.05) is 6.07 Å². The second-order valence-electron chi connectivity index (χ2n) is 8.23. The minimum absolute atomic E-state index is 0.0195. The molecule has 0 amide bonds. The van der Waals surface area contributed by atoms with E-state index in [-0.39, 0.29) is 6.04 Å². The molecule has 0 radical (unpaired) electrons. The maximum Gasteiger partial charge on any atom is 0.279 e. The van der Waals surface area contributed by atoms with Crippen molar-refractivity contribution in [2.75, 3.05) is 39.7 Å². The van der Waals surface area contributed by atoms with Crippen LogP contribution in [0.15, 0.2) is 18.2 Å². The Morgan fingerprint density at radius 3 is 2.74 bits per heavy atom. The number of nitrogens with one attached hydrogen (secondary N) is 2. The quantitative estimate of drug-likeness (QED) is 0.651. The fourth-order valence-corrected chi connectivity index (χ4v) is 5.93. The first-order valence-electron chi connectivity index (χ1n) is 10.6. The van der Waals surface area contributed by atoms with E-state index in [1.807, 2.05) is 18.2 Å². The van der Waals surface area contributed by atoms with Crippen molar-refractivity contribution in [3.63, 3.8) is 0 Å². The molecule has 1 aliphatic heterocycles. The Balaban J connectivity index is 1.36. The zero-order valence-electron chi connectivity index (χ0n) is 18.2. The van der Waals surface area contributed by atoms with Crippen LogP contribution in [0.3, 0.4) is 0 Å². The molecule has 0 atom stereocenters. The first-order valence-corrected chi connectivity index (χ1v) is 12.9. The summed E-state index contributed by atoms with van der Waals surface area (Å²) < 4.78 is 39.5. The average Bonchev–Trinajstić information content (AvgIpc) is 3.07. The summed E-state index contributed by atoms with van der Waals surface area (Å²) in [5, 5.41) is 4.45. The lowest BCUT2D eigenvalue weighted by atomic mass is 9.86. The number of benzene rings is 1. The highest BCUT2D eigenvalue weighted by Crippen LogP contribution is 2.43. The molecule has 2 aliphatic rings. The molecule has 1 aliphatic carbocycles. The second-order valence-corrected chi connectivity index (χ2v) is 11.2. The first-order chi connectivity index (χ1) is 14.9. The summed E-state index contributed by atoms with van der Waals surface area (Å²) >= 11 is 1.69. The average molecular weight is 467 g/mol. The van der Waals surface area contributed by atoms with Crippen LogP contribution in [0, 0.1) is 5.92 Å². The van der Waals surface area contributed by atoms with E-state index in [0.29, 0.717) is 12.5 Å². The summed E-state index contributed by atoms with van der Waals surface area (Å²) in [4.78, 5) is 6.09. The van der Waals surface area contributed by atoms with Gasteiger partial charge in [0.15, 0.2) is 16.6 Å². The van der Waals surface area contributed by atoms with Crippen LogP contribution in [-0.2, 0) is 16.6 Å². The van der Waals surface area contributed by atoms with Crippen molar-refractivity contribution in [2.45, 2.75) is 38.1 Å². The number of thiazole rings is 1. The van der Waals surface area contributed by atoms with Gasteiger partial charge in [0.05, 0.1) is 19.4 Å². The minimum atomic E-state index is -3.36. The third kappa shape index (κ3) is 4.97. The number of para-hydroxylation sites is 1. The topological polar surface area (TPSA) is 92.8 Å². The lowest BCUT2D eigenvalue weighted by Gasteiger charge is -2.29. The molecule has 2 aromatic rings. The number of anilines is 1. The maximum absolute atomic E-state index is 12.0. The fourth-order valence-electron chi connectivity index (χ4n) is 4.10. The Bertz CT molecular complexity index is 1010. The lowest BCUT2D eigenvalue weighted by Crippen LogP contribution is -2.43. The van der Waals surface area contributed by atoms with Gasteiger partial charge in [-0.3, -0.25) is 0 Å². The van der Waals surface area contributed by atoms with Gasteiger partial charge in [-0.15, -0.1) is 11.3 Å². The molecule has 0 bridgehead atoms. The predicted molar refractivity (Wildman–Crippen MR) is 123 cm³/mol. The van der Waals surface area contributed by atoms with E-state index in [9.17, 15) is 8.42 Å².